The predicted octanol–water partition coefficient (Wildman–Crippen LogP) is 2.49. The van der Waals surface area contributed by atoms with Crippen LogP contribution >= 0.6 is 11.6 Å². The molecule has 2 aromatic carbocycles. The van der Waals surface area contributed by atoms with Gasteiger partial charge in [-0.2, -0.15) is 4.31 Å². The average Bonchev–Trinajstić information content (AvgIpc) is 2.69. The number of esters is 1. The van der Waals surface area contributed by atoms with E-state index in [2.05, 4.69) is 0 Å². The zero-order valence-corrected chi connectivity index (χ0v) is 16.0. The van der Waals surface area contributed by atoms with Crippen molar-refractivity contribution in [2.75, 3.05) is 26.3 Å². The Morgan fingerprint density at radius 2 is 1.79 bits per heavy atom. The Hall–Kier alpha value is -2.53. The fourth-order valence-electron chi connectivity index (χ4n) is 2.56. The number of carbonyl (C=O) groups is 1. The van der Waals surface area contributed by atoms with E-state index in [1.807, 2.05) is 0 Å². The molecule has 9 nitrogen and oxygen atoms in total. The van der Waals surface area contributed by atoms with Crippen LogP contribution in [-0.2, 0) is 14.8 Å². The van der Waals surface area contributed by atoms with Crippen LogP contribution in [0.5, 0.6) is 5.75 Å². The second-order valence-electron chi connectivity index (χ2n) is 5.80. The van der Waals surface area contributed by atoms with Crippen molar-refractivity contribution in [3.63, 3.8) is 0 Å². The molecule has 2 aromatic rings. The summed E-state index contributed by atoms with van der Waals surface area (Å²) in [6.45, 7) is 0.934. The highest BCUT2D eigenvalue weighted by molar-refractivity contribution is 7.89. The number of morpholine rings is 1. The monoisotopic (exact) mass is 426 g/mol. The van der Waals surface area contributed by atoms with Gasteiger partial charge in [-0.3, -0.25) is 10.1 Å². The van der Waals surface area contributed by atoms with E-state index in [0.29, 0.717) is 0 Å². The summed E-state index contributed by atoms with van der Waals surface area (Å²) in [5.41, 5.74) is -0.167. The number of ether oxygens (including phenoxy) is 2. The van der Waals surface area contributed by atoms with E-state index in [1.54, 1.807) is 0 Å². The van der Waals surface area contributed by atoms with Crippen molar-refractivity contribution < 1.29 is 27.6 Å². The summed E-state index contributed by atoms with van der Waals surface area (Å²) in [5, 5.41) is 10.7. The van der Waals surface area contributed by atoms with E-state index in [1.165, 1.54) is 40.7 Å². The van der Waals surface area contributed by atoms with Gasteiger partial charge in [-0.1, -0.05) is 11.6 Å². The minimum absolute atomic E-state index is 0.0154. The Labute approximate surface area is 165 Å². The number of sulfonamides is 1. The molecule has 148 valence electrons. The first-order valence-corrected chi connectivity index (χ1v) is 9.95. The Morgan fingerprint density at radius 3 is 2.39 bits per heavy atom. The average molecular weight is 427 g/mol. The molecule has 1 saturated heterocycles. The van der Waals surface area contributed by atoms with Gasteiger partial charge in [-0.05, 0) is 30.3 Å². The molecule has 3 rings (SSSR count). The summed E-state index contributed by atoms with van der Waals surface area (Å²) < 4.78 is 37.2. The lowest BCUT2D eigenvalue weighted by Gasteiger charge is -2.26. The molecular formula is C17H15ClN2O7S. The van der Waals surface area contributed by atoms with Gasteiger partial charge >= 0.3 is 5.97 Å². The van der Waals surface area contributed by atoms with Crippen LogP contribution in [-0.4, -0.2) is 49.9 Å². The molecule has 0 amide bonds. The lowest BCUT2D eigenvalue weighted by atomic mass is 10.2. The van der Waals surface area contributed by atoms with E-state index in [-0.39, 0.29) is 53.2 Å². The molecule has 0 unspecified atom stereocenters. The van der Waals surface area contributed by atoms with Crippen LogP contribution < -0.4 is 4.74 Å². The molecule has 0 atom stereocenters. The number of rotatable bonds is 5. The van der Waals surface area contributed by atoms with Crippen LogP contribution in [0.25, 0.3) is 0 Å². The molecule has 1 aliphatic rings. The quantitative estimate of drug-likeness (QED) is 0.312. The maximum Gasteiger partial charge on any atom is 0.343 e. The minimum Gasteiger partial charge on any atom is -0.423 e. The van der Waals surface area contributed by atoms with Gasteiger partial charge in [-0.15, -0.1) is 0 Å². The van der Waals surface area contributed by atoms with Gasteiger partial charge in [0.05, 0.1) is 28.7 Å². The zero-order chi connectivity index (χ0) is 20.3. The number of nitro groups is 1. The third-order valence-electron chi connectivity index (χ3n) is 4.01. The van der Waals surface area contributed by atoms with Gasteiger partial charge in [0.1, 0.15) is 10.6 Å². The lowest BCUT2D eigenvalue weighted by molar-refractivity contribution is -0.384. The Kier molecular flexibility index (Phi) is 5.94. The minimum atomic E-state index is -3.90. The van der Waals surface area contributed by atoms with Gasteiger partial charge in [0, 0.05) is 25.2 Å². The summed E-state index contributed by atoms with van der Waals surface area (Å²) in [7, 11) is -3.90. The number of nitrogens with zero attached hydrogens (tertiary/aromatic N) is 2. The normalized spacial score (nSPS) is 15.2. The van der Waals surface area contributed by atoms with Gasteiger partial charge in [-0.25, -0.2) is 13.2 Å². The van der Waals surface area contributed by atoms with Crippen LogP contribution in [0.1, 0.15) is 10.4 Å². The number of carbonyl (C=O) groups excluding carboxylic acids is 1. The highest BCUT2D eigenvalue weighted by Crippen LogP contribution is 2.27. The predicted molar refractivity (Wildman–Crippen MR) is 99.1 cm³/mol. The fourth-order valence-corrected chi connectivity index (χ4v) is 4.46. The molecular weight excluding hydrogens is 412 g/mol. The van der Waals surface area contributed by atoms with Crippen molar-refractivity contribution in [1.29, 1.82) is 0 Å². The molecule has 11 heteroatoms. The van der Waals surface area contributed by atoms with Gasteiger partial charge in [0.2, 0.25) is 10.0 Å². The highest BCUT2D eigenvalue weighted by atomic mass is 35.5. The molecule has 0 aromatic heterocycles. The van der Waals surface area contributed by atoms with Crippen molar-refractivity contribution in [3.8, 4) is 5.75 Å². The van der Waals surface area contributed by atoms with Gasteiger partial charge in [0.25, 0.3) is 5.69 Å². The Balaban J connectivity index is 1.83. The number of hydrogen-bond acceptors (Lipinski definition) is 7. The highest BCUT2D eigenvalue weighted by Gasteiger charge is 2.29. The summed E-state index contributed by atoms with van der Waals surface area (Å²) in [6, 6.07) is 8.74. The fraction of sp³-hybridized carbons (Fsp3) is 0.235. The molecule has 0 radical (unpaired) electrons. The first kappa shape index (κ1) is 20.2. The zero-order valence-electron chi connectivity index (χ0n) is 14.4. The number of halogens is 1. The third kappa shape index (κ3) is 4.30. The molecule has 1 fully saturated rings. The Morgan fingerprint density at radius 1 is 1.14 bits per heavy atom. The summed E-state index contributed by atoms with van der Waals surface area (Å²) in [4.78, 5) is 22.3. The molecule has 0 spiro atoms. The molecule has 0 N–H and O–H groups in total. The maximum atomic E-state index is 12.8. The van der Waals surface area contributed by atoms with Crippen LogP contribution in [0, 0.1) is 10.1 Å². The molecule has 28 heavy (non-hydrogen) atoms. The third-order valence-corrected chi connectivity index (χ3v) is 6.39. The van der Waals surface area contributed by atoms with Crippen molar-refractivity contribution in [3.05, 3.63) is 63.2 Å². The van der Waals surface area contributed by atoms with Crippen LogP contribution in [0.2, 0.25) is 5.02 Å². The number of benzene rings is 2. The van der Waals surface area contributed by atoms with E-state index in [4.69, 9.17) is 21.1 Å². The summed E-state index contributed by atoms with van der Waals surface area (Å²) in [5.74, 6) is -0.730. The second kappa shape index (κ2) is 8.23. The van der Waals surface area contributed by atoms with Crippen LogP contribution in [0.15, 0.2) is 47.4 Å². The Bertz CT molecular complexity index is 1000. The summed E-state index contributed by atoms with van der Waals surface area (Å²) >= 11 is 6.06. The van der Waals surface area contributed by atoms with E-state index in [0.717, 1.165) is 6.07 Å². The molecule has 0 aliphatic carbocycles. The molecule has 0 bridgehead atoms. The van der Waals surface area contributed by atoms with Crippen molar-refractivity contribution in [2.24, 2.45) is 0 Å². The molecule has 1 heterocycles. The molecule has 1 aliphatic heterocycles. The first-order chi connectivity index (χ1) is 13.3. The van der Waals surface area contributed by atoms with Crippen LogP contribution in [0.3, 0.4) is 0 Å². The lowest BCUT2D eigenvalue weighted by Crippen LogP contribution is -2.40. The number of hydrogen-bond donors (Lipinski definition) is 0. The van der Waals surface area contributed by atoms with E-state index < -0.39 is 20.9 Å². The standard InChI is InChI=1S/C17H15ClN2O7S/c18-15-6-1-12(11-16(15)28(24,25)19-7-9-26-10-8-19)17(21)27-14-4-2-13(3-5-14)20(22)23/h1-6,11H,7-10H2. The van der Waals surface area contributed by atoms with Gasteiger partial charge in [0.15, 0.2) is 0 Å². The maximum absolute atomic E-state index is 12.8. The number of non-ortho nitro benzene ring substituents is 1. The number of nitro benzene ring substituents is 1. The van der Waals surface area contributed by atoms with Crippen molar-refractivity contribution in [2.45, 2.75) is 4.90 Å². The SMILES string of the molecule is O=C(Oc1ccc([N+](=O)[O-])cc1)c1ccc(Cl)c(S(=O)(=O)N2CCOCC2)c1. The van der Waals surface area contributed by atoms with Crippen molar-refractivity contribution in [1.82, 2.24) is 4.31 Å². The van der Waals surface area contributed by atoms with E-state index >= 15 is 0 Å². The summed E-state index contributed by atoms with van der Waals surface area (Å²) in [6.07, 6.45) is 0. The topological polar surface area (TPSA) is 116 Å². The smallest absolute Gasteiger partial charge is 0.343 e. The van der Waals surface area contributed by atoms with E-state index in [9.17, 15) is 23.3 Å². The van der Waals surface area contributed by atoms with Crippen molar-refractivity contribution >= 4 is 33.3 Å². The van der Waals surface area contributed by atoms with Crippen LogP contribution in [0.4, 0.5) is 5.69 Å². The largest absolute Gasteiger partial charge is 0.423 e. The van der Waals surface area contributed by atoms with Gasteiger partial charge < -0.3 is 9.47 Å². The molecule has 0 saturated carbocycles. The second-order valence-corrected chi connectivity index (χ2v) is 8.12. The first-order valence-electron chi connectivity index (χ1n) is 8.13.